The quantitative estimate of drug-likeness (QED) is 0.493. The molecule has 0 saturated heterocycles. The molecule has 0 aromatic carbocycles. The van der Waals surface area contributed by atoms with Crippen LogP contribution in [-0.2, 0) is 9.53 Å². The average molecular weight is 192 g/mol. The van der Waals surface area contributed by atoms with E-state index in [4.69, 9.17) is 4.74 Å². The van der Waals surface area contributed by atoms with Gasteiger partial charge in [-0.05, 0) is 43.1 Å². The number of ether oxygens (including phenoxy) is 1. The molecule has 0 N–H and O–H groups in total. The molecule has 0 radical (unpaired) electrons. The molecule has 0 aromatic heterocycles. The number of rotatable bonds is 2. The van der Waals surface area contributed by atoms with Crippen molar-refractivity contribution in [1.29, 1.82) is 0 Å². The number of hydrogen-bond acceptors (Lipinski definition) is 2. The normalized spacial score (nSPS) is 44.6. The molecule has 4 unspecified atom stereocenters. The summed E-state index contributed by atoms with van der Waals surface area (Å²) in [4.78, 5) is 10.8. The molecule has 0 aliphatic heterocycles. The second-order valence-electron chi connectivity index (χ2n) is 4.92. The molecular weight excluding hydrogens is 176 g/mol. The maximum Gasteiger partial charge on any atom is 0.123 e. The third-order valence-electron chi connectivity index (χ3n) is 4.33. The smallest absolute Gasteiger partial charge is 0.123 e. The molecule has 2 fully saturated rings. The van der Waals surface area contributed by atoms with Crippen molar-refractivity contribution in [2.75, 3.05) is 7.11 Å². The second-order valence-corrected chi connectivity index (χ2v) is 4.92. The van der Waals surface area contributed by atoms with Gasteiger partial charge in [-0.1, -0.05) is 5.57 Å². The lowest BCUT2D eigenvalue weighted by molar-refractivity contribution is -0.111. The van der Waals surface area contributed by atoms with Gasteiger partial charge in [0.15, 0.2) is 0 Å². The summed E-state index contributed by atoms with van der Waals surface area (Å²) < 4.78 is 5.48. The van der Waals surface area contributed by atoms with E-state index in [1.165, 1.54) is 12.8 Å². The van der Waals surface area contributed by atoms with Crippen LogP contribution in [0.3, 0.4) is 0 Å². The first-order valence-corrected chi connectivity index (χ1v) is 5.53. The number of carbonyl (C=O) groups is 1. The Morgan fingerprint density at radius 2 is 2.14 bits per heavy atom. The van der Waals surface area contributed by atoms with Gasteiger partial charge in [0.2, 0.25) is 0 Å². The van der Waals surface area contributed by atoms with Crippen LogP contribution in [0.1, 0.15) is 25.7 Å². The molecule has 0 amide bonds. The number of hydrogen-bond donors (Lipinski definition) is 0. The lowest BCUT2D eigenvalue weighted by Crippen LogP contribution is -2.17. The highest BCUT2D eigenvalue weighted by atomic mass is 16.5. The van der Waals surface area contributed by atoms with Crippen LogP contribution in [0.15, 0.2) is 11.1 Å². The van der Waals surface area contributed by atoms with Crippen LogP contribution in [0.5, 0.6) is 0 Å². The molecule has 0 heterocycles. The summed E-state index contributed by atoms with van der Waals surface area (Å²) in [7, 11) is 1.81. The molecular formula is C12H16O2. The summed E-state index contributed by atoms with van der Waals surface area (Å²) in [6.45, 7) is 0. The minimum atomic E-state index is 0.309. The largest absolute Gasteiger partial charge is 0.377 e. The van der Waals surface area contributed by atoms with E-state index in [-0.39, 0.29) is 0 Å². The number of aldehydes is 1. The van der Waals surface area contributed by atoms with Crippen molar-refractivity contribution in [3.05, 3.63) is 11.1 Å². The predicted octanol–water partition coefficient (Wildman–Crippen LogP) is 1.95. The third-order valence-corrected chi connectivity index (χ3v) is 4.33. The molecule has 14 heavy (non-hydrogen) atoms. The lowest BCUT2D eigenvalue weighted by Gasteiger charge is -2.22. The molecule has 2 saturated carbocycles. The Bertz CT molecular complexity index is 305. The van der Waals surface area contributed by atoms with Crippen molar-refractivity contribution in [3.63, 3.8) is 0 Å². The van der Waals surface area contributed by atoms with E-state index in [2.05, 4.69) is 0 Å². The first-order chi connectivity index (χ1) is 6.83. The monoisotopic (exact) mass is 192 g/mol. The zero-order valence-electron chi connectivity index (χ0n) is 8.53. The van der Waals surface area contributed by atoms with Gasteiger partial charge < -0.3 is 9.53 Å². The topological polar surface area (TPSA) is 26.3 Å². The van der Waals surface area contributed by atoms with Gasteiger partial charge in [0.05, 0.1) is 6.10 Å². The highest BCUT2D eigenvalue weighted by Crippen LogP contribution is 2.56. The van der Waals surface area contributed by atoms with Gasteiger partial charge in [-0.25, -0.2) is 0 Å². The Morgan fingerprint density at radius 3 is 2.86 bits per heavy atom. The van der Waals surface area contributed by atoms with Crippen molar-refractivity contribution >= 4 is 6.29 Å². The fourth-order valence-electron chi connectivity index (χ4n) is 3.73. The summed E-state index contributed by atoms with van der Waals surface area (Å²) in [5, 5.41) is 0. The molecule has 3 aliphatic carbocycles. The molecule has 4 atom stereocenters. The van der Waals surface area contributed by atoms with Crippen molar-refractivity contribution in [1.82, 2.24) is 0 Å². The van der Waals surface area contributed by atoms with E-state index in [1.807, 2.05) is 0 Å². The standard InChI is InChI=1S/C12H16O2/c1-14-12-5-8-4-11(12)10-3-7(6-13)2-9(8)10/h6-9,12H,2-5H2,1H3. The third kappa shape index (κ3) is 0.977. The minimum Gasteiger partial charge on any atom is -0.377 e. The Labute approximate surface area is 84.3 Å². The first-order valence-electron chi connectivity index (χ1n) is 5.53. The van der Waals surface area contributed by atoms with E-state index in [0.29, 0.717) is 12.0 Å². The van der Waals surface area contributed by atoms with E-state index in [0.717, 1.165) is 31.0 Å². The second kappa shape index (κ2) is 2.93. The molecule has 2 heteroatoms. The molecule has 3 aliphatic rings. The number of methoxy groups -OCH3 is 1. The SMILES string of the molecule is COC1CC2CC1=C1CC(C=O)CC12. The first kappa shape index (κ1) is 8.66. The Balaban J connectivity index is 1.92. The van der Waals surface area contributed by atoms with Crippen LogP contribution in [0.25, 0.3) is 0 Å². The van der Waals surface area contributed by atoms with Crippen LogP contribution in [0, 0.1) is 17.8 Å². The van der Waals surface area contributed by atoms with Gasteiger partial charge in [0, 0.05) is 13.0 Å². The lowest BCUT2D eigenvalue weighted by atomic mass is 9.87. The van der Waals surface area contributed by atoms with Crippen molar-refractivity contribution in [2.24, 2.45) is 17.8 Å². The Morgan fingerprint density at radius 1 is 1.29 bits per heavy atom. The van der Waals surface area contributed by atoms with E-state index in [1.54, 1.807) is 18.3 Å². The summed E-state index contributed by atoms with van der Waals surface area (Å²) in [6.07, 6.45) is 6.13. The zero-order valence-corrected chi connectivity index (χ0v) is 8.53. The van der Waals surface area contributed by atoms with E-state index < -0.39 is 0 Å². The van der Waals surface area contributed by atoms with Crippen LogP contribution in [-0.4, -0.2) is 19.5 Å². The van der Waals surface area contributed by atoms with Crippen LogP contribution in [0.2, 0.25) is 0 Å². The van der Waals surface area contributed by atoms with Crippen LogP contribution in [0.4, 0.5) is 0 Å². The van der Waals surface area contributed by atoms with Crippen molar-refractivity contribution < 1.29 is 9.53 Å². The van der Waals surface area contributed by atoms with Gasteiger partial charge in [-0.2, -0.15) is 0 Å². The van der Waals surface area contributed by atoms with Gasteiger partial charge in [0.25, 0.3) is 0 Å². The zero-order chi connectivity index (χ0) is 9.71. The molecule has 2 bridgehead atoms. The molecule has 76 valence electrons. The summed E-state index contributed by atoms with van der Waals surface area (Å²) >= 11 is 0. The van der Waals surface area contributed by atoms with Crippen molar-refractivity contribution in [3.8, 4) is 0 Å². The minimum absolute atomic E-state index is 0.309. The van der Waals surface area contributed by atoms with Gasteiger partial charge >= 0.3 is 0 Å². The highest BCUT2D eigenvalue weighted by molar-refractivity contribution is 5.57. The Kier molecular flexibility index (Phi) is 1.81. The molecule has 0 spiro atoms. The maximum atomic E-state index is 10.8. The van der Waals surface area contributed by atoms with E-state index >= 15 is 0 Å². The summed E-state index contributed by atoms with van der Waals surface area (Å²) in [6, 6.07) is 0. The fraction of sp³-hybridized carbons (Fsp3) is 0.750. The Hall–Kier alpha value is -0.630. The van der Waals surface area contributed by atoms with Crippen LogP contribution >= 0.6 is 0 Å². The van der Waals surface area contributed by atoms with Crippen molar-refractivity contribution in [2.45, 2.75) is 31.8 Å². The van der Waals surface area contributed by atoms with E-state index in [9.17, 15) is 4.79 Å². The predicted molar refractivity (Wildman–Crippen MR) is 52.8 cm³/mol. The van der Waals surface area contributed by atoms with Gasteiger partial charge in [0.1, 0.15) is 6.29 Å². The summed E-state index contributed by atoms with van der Waals surface area (Å²) in [5.74, 6) is 1.85. The summed E-state index contributed by atoms with van der Waals surface area (Å²) in [5.41, 5.74) is 3.14. The average Bonchev–Trinajstić information content (AvgIpc) is 2.87. The van der Waals surface area contributed by atoms with Crippen LogP contribution < -0.4 is 0 Å². The number of fused-ring (bicyclic) bond motifs is 4. The maximum absolute atomic E-state index is 10.8. The highest BCUT2D eigenvalue weighted by Gasteiger charge is 2.48. The van der Waals surface area contributed by atoms with Gasteiger partial charge in [-0.15, -0.1) is 0 Å². The molecule has 2 nitrogen and oxygen atoms in total. The fourth-order valence-corrected chi connectivity index (χ4v) is 3.73. The number of allylic oxidation sites excluding steroid dienone is 1. The molecule has 3 rings (SSSR count). The van der Waals surface area contributed by atoms with Gasteiger partial charge in [-0.3, -0.25) is 0 Å². The molecule has 0 aromatic rings. The number of carbonyl (C=O) groups excluding carboxylic acids is 1.